The van der Waals surface area contributed by atoms with Gasteiger partial charge < -0.3 is 10.1 Å². The van der Waals surface area contributed by atoms with Crippen LogP contribution >= 0.6 is 0 Å². The van der Waals surface area contributed by atoms with Crippen LogP contribution in [0.2, 0.25) is 0 Å². The van der Waals surface area contributed by atoms with Crippen LogP contribution in [-0.4, -0.2) is 36.1 Å². The van der Waals surface area contributed by atoms with Gasteiger partial charge in [0, 0.05) is 39.4 Å². The van der Waals surface area contributed by atoms with Gasteiger partial charge in [-0.3, -0.25) is 4.68 Å². The quantitative estimate of drug-likeness (QED) is 0.758. The highest BCUT2D eigenvalue weighted by atomic mass is 16.5. The van der Waals surface area contributed by atoms with Gasteiger partial charge in [-0.05, 0) is 12.0 Å². The lowest BCUT2D eigenvalue weighted by Crippen LogP contribution is -2.38. The van der Waals surface area contributed by atoms with Crippen LogP contribution in [0.15, 0.2) is 12.3 Å². The number of ether oxygens (including phenoxy) is 1. The topological polar surface area (TPSA) is 39.1 Å². The van der Waals surface area contributed by atoms with Gasteiger partial charge in [-0.25, -0.2) is 0 Å². The summed E-state index contributed by atoms with van der Waals surface area (Å²) in [7, 11) is 3.69. The highest BCUT2D eigenvalue weighted by molar-refractivity contribution is 4.99. The second-order valence-corrected chi connectivity index (χ2v) is 4.49. The number of nitrogens with zero attached hydrogens (tertiary/aromatic N) is 2. The molecule has 1 aromatic heterocycles. The van der Waals surface area contributed by atoms with Crippen molar-refractivity contribution in [2.24, 2.45) is 13.0 Å². The molecule has 0 amide bonds. The first-order chi connectivity index (χ1) is 7.63. The van der Waals surface area contributed by atoms with Crippen molar-refractivity contribution in [3.05, 3.63) is 18.0 Å². The Morgan fingerprint density at radius 3 is 2.75 bits per heavy atom. The maximum atomic E-state index is 5.19. The standard InChI is InChI=1S/C12H23N3O/c1-10(2)12(9-16-4)13-7-5-11-6-8-15(3)14-11/h6,8,10,12-13H,5,7,9H2,1-4H3. The molecule has 0 saturated heterocycles. The lowest BCUT2D eigenvalue weighted by atomic mass is 10.1. The molecule has 0 saturated carbocycles. The van der Waals surface area contributed by atoms with Gasteiger partial charge in [-0.2, -0.15) is 5.10 Å². The van der Waals surface area contributed by atoms with E-state index in [1.807, 2.05) is 17.9 Å². The lowest BCUT2D eigenvalue weighted by Gasteiger charge is -2.21. The maximum Gasteiger partial charge on any atom is 0.0637 e. The van der Waals surface area contributed by atoms with E-state index < -0.39 is 0 Å². The zero-order valence-corrected chi connectivity index (χ0v) is 10.7. The van der Waals surface area contributed by atoms with E-state index in [0.717, 1.165) is 25.3 Å². The molecule has 0 spiro atoms. The normalized spacial score (nSPS) is 13.3. The smallest absolute Gasteiger partial charge is 0.0637 e. The molecule has 0 aliphatic rings. The molecule has 16 heavy (non-hydrogen) atoms. The van der Waals surface area contributed by atoms with E-state index in [1.54, 1.807) is 7.11 Å². The molecule has 1 rings (SSSR count). The Morgan fingerprint density at radius 2 is 2.25 bits per heavy atom. The van der Waals surface area contributed by atoms with Gasteiger partial charge >= 0.3 is 0 Å². The summed E-state index contributed by atoms with van der Waals surface area (Å²) in [6.07, 6.45) is 2.94. The predicted molar refractivity (Wildman–Crippen MR) is 65.4 cm³/mol. The number of aromatic nitrogens is 2. The van der Waals surface area contributed by atoms with Gasteiger partial charge in [0.25, 0.3) is 0 Å². The lowest BCUT2D eigenvalue weighted by molar-refractivity contribution is 0.147. The fourth-order valence-electron chi connectivity index (χ4n) is 1.65. The van der Waals surface area contributed by atoms with E-state index >= 15 is 0 Å². The molecule has 92 valence electrons. The van der Waals surface area contributed by atoms with E-state index in [1.165, 1.54) is 0 Å². The van der Waals surface area contributed by atoms with Crippen molar-refractivity contribution in [3.63, 3.8) is 0 Å². The number of nitrogens with one attached hydrogen (secondary N) is 1. The Bertz CT molecular complexity index is 296. The van der Waals surface area contributed by atoms with Crippen LogP contribution in [0.4, 0.5) is 0 Å². The van der Waals surface area contributed by atoms with Crippen LogP contribution in [0, 0.1) is 5.92 Å². The van der Waals surface area contributed by atoms with Crippen molar-refractivity contribution in [3.8, 4) is 0 Å². The summed E-state index contributed by atoms with van der Waals surface area (Å²) >= 11 is 0. The first kappa shape index (κ1) is 13.2. The van der Waals surface area contributed by atoms with Crippen molar-refractivity contribution in [2.75, 3.05) is 20.3 Å². The molecule has 1 N–H and O–H groups in total. The monoisotopic (exact) mass is 225 g/mol. The van der Waals surface area contributed by atoms with Gasteiger partial charge in [0.2, 0.25) is 0 Å². The second kappa shape index (κ2) is 6.66. The summed E-state index contributed by atoms with van der Waals surface area (Å²) in [6.45, 7) is 6.12. The Labute approximate surface area is 98.0 Å². The Balaban J connectivity index is 2.27. The average Bonchev–Trinajstić information content (AvgIpc) is 2.63. The Kier molecular flexibility index (Phi) is 5.49. The molecule has 1 aromatic rings. The third kappa shape index (κ3) is 4.33. The molecular weight excluding hydrogens is 202 g/mol. The van der Waals surface area contributed by atoms with Crippen LogP contribution in [0.3, 0.4) is 0 Å². The zero-order chi connectivity index (χ0) is 12.0. The van der Waals surface area contributed by atoms with Gasteiger partial charge in [-0.1, -0.05) is 13.8 Å². The van der Waals surface area contributed by atoms with Gasteiger partial charge in [-0.15, -0.1) is 0 Å². The number of methoxy groups -OCH3 is 1. The van der Waals surface area contributed by atoms with Crippen LogP contribution in [0.1, 0.15) is 19.5 Å². The minimum absolute atomic E-state index is 0.425. The molecule has 1 atom stereocenters. The minimum Gasteiger partial charge on any atom is -0.383 e. The molecule has 0 radical (unpaired) electrons. The van der Waals surface area contributed by atoms with E-state index in [0.29, 0.717) is 12.0 Å². The average molecular weight is 225 g/mol. The summed E-state index contributed by atoms with van der Waals surface area (Å²) < 4.78 is 7.03. The number of hydrogen-bond acceptors (Lipinski definition) is 3. The van der Waals surface area contributed by atoms with Gasteiger partial charge in [0.15, 0.2) is 0 Å². The largest absolute Gasteiger partial charge is 0.383 e. The summed E-state index contributed by atoms with van der Waals surface area (Å²) in [6, 6.07) is 2.48. The van der Waals surface area contributed by atoms with Crippen molar-refractivity contribution in [2.45, 2.75) is 26.3 Å². The molecule has 0 bridgehead atoms. The summed E-state index contributed by atoms with van der Waals surface area (Å²) in [5.74, 6) is 0.587. The highest BCUT2D eigenvalue weighted by Gasteiger charge is 2.11. The SMILES string of the molecule is COCC(NCCc1ccn(C)n1)C(C)C. The molecule has 0 aliphatic carbocycles. The van der Waals surface area contributed by atoms with Crippen molar-refractivity contribution < 1.29 is 4.74 Å². The summed E-state index contributed by atoms with van der Waals surface area (Å²) in [5, 5.41) is 7.85. The molecule has 0 aromatic carbocycles. The number of aryl methyl sites for hydroxylation is 1. The molecular formula is C12H23N3O. The Morgan fingerprint density at radius 1 is 1.50 bits per heavy atom. The van der Waals surface area contributed by atoms with Crippen molar-refractivity contribution >= 4 is 0 Å². The molecule has 4 nitrogen and oxygen atoms in total. The third-order valence-electron chi connectivity index (χ3n) is 2.71. The molecule has 1 unspecified atom stereocenters. The molecule has 1 heterocycles. The number of rotatable bonds is 7. The van der Waals surface area contributed by atoms with Crippen LogP contribution in [0.5, 0.6) is 0 Å². The predicted octanol–water partition coefficient (Wildman–Crippen LogP) is 1.22. The summed E-state index contributed by atoms with van der Waals surface area (Å²) in [5.41, 5.74) is 1.13. The Hall–Kier alpha value is -0.870. The maximum absolute atomic E-state index is 5.19. The fourth-order valence-corrected chi connectivity index (χ4v) is 1.65. The highest BCUT2D eigenvalue weighted by Crippen LogP contribution is 2.02. The van der Waals surface area contributed by atoms with Gasteiger partial charge in [0.1, 0.15) is 0 Å². The molecule has 0 aliphatic heterocycles. The summed E-state index contributed by atoms with van der Waals surface area (Å²) in [4.78, 5) is 0. The number of hydrogen-bond donors (Lipinski definition) is 1. The minimum atomic E-state index is 0.425. The van der Waals surface area contributed by atoms with E-state index in [4.69, 9.17) is 4.74 Å². The zero-order valence-electron chi connectivity index (χ0n) is 10.7. The molecule has 4 heteroatoms. The van der Waals surface area contributed by atoms with E-state index in [9.17, 15) is 0 Å². The van der Waals surface area contributed by atoms with E-state index in [-0.39, 0.29) is 0 Å². The van der Waals surface area contributed by atoms with E-state index in [2.05, 4.69) is 30.3 Å². The van der Waals surface area contributed by atoms with Crippen molar-refractivity contribution in [1.82, 2.24) is 15.1 Å². The first-order valence-corrected chi connectivity index (χ1v) is 5.84. The first-order valence-electron chi connectivity index (χ1n) is 5.84. The van der Waals surface area contributed by atoms with Crippen LogP contribution in [0.25, 0.3) is 0 Å². The third-order valence-corrected chi connectivity index (χ3v) is 2.71. The van der Waals surface area contributed by atoms with Crippen LogP contribution < -0.4 is 5.32 Å². The van der Waals surface area contributed by atoms with Crippen molar-refractivity contribution in [1.29, 1.82) is 0 Å². The fraction of sp³-hybridized carbons (Fsp3) is 0.750. The van der Waals surface area contributed by atoms with Gasteiger partial charge in [0.05, 0.1) is 12.3 Å². The molecule has 0 fully saturated rings. The second-order valence-electron chi connectivity index (χ2n) is 4.49. The van der Waals surface area contributed by atoms with Crippen LogP contribution in [-0.2, 0) is 18.2 Å².